The fourth-order valence-corrected chi connectivity index (χ4v) is 3.76. The second-order valence-corrected chi connectivity index (χ2v) is 7.82. The molecule has 1 heterocycles. The molecular formula is C17H34N2. The Balaban J connectivity index is 1.86. The smallest absolute Gasteiger partial charge is 0.0244 e. The van der Waals surface area contributed by atoms with E-state index in [1.165, 1.54) is 58.2 Å². The molecule has 0 bridgehead atoms. The zero-order valence-corrected chi connectivity index (χ0v) is 13.5. The van der Waals surface area contributed by atoms with Crippen LogP contribution in [-0.4, -0.2) is 36.6 Å². The zero-order chi connectivity index (χ0) is 13.9. The summed E-state index contributed by atoms with van der Waals surface area (Å²) in [7, 11) is 0. The van der Waals surface area contributed by atoms with Gasteiger partial charge in [-0.3, -0.25) is 4.90 Å². The summed E-state index contributed by atoms with van der Waals surface area (Å²) in [4.78, 5) is 2.78. The summed E-state index contributed by atoms with van der Waals surface area (Å²) < 4.78 is 0. The van der Waals surface area contributed by atoms with Crippen LogP contribution in [0.1, 0.15) is 66.2 Å². The second kappa shape index (κ2) is 6.58. The van der Waals surface area contributed by atoms with E-state index in [-0.39, 0.29) is 0 Å². The van der Waals surface area contributed by atoms with Gasteiger partial charge in [0.25, 0.3) is 0 Å². The molecule has 0 aromatic carbocycles. The van der Waals surface area contributed by atoms with Crippen molar-refractivity contribution in [3.63, 3.8) is 0 Å². The predicted molar refractivity (Wildman–Crippen MR) is 83.5 cm³/mol. The molecule has 2 nitrogen and oxygen atoms in total. The molecule has 112 valence electrons. The first-order valence-electron chi connectivity index (χ1n) is 8.48. The molecule has 1 N–H and O–H groups in total. The highest BCUT2D eigenvalue weighted by molar-refractivity contribution is 4.91. The summed E-state index contributed by atoms with van der Waals surface area (Å²) in [5.74, 6) is 1.03. The van der Waals surface area contributed by atoms with Gasteiger partial charge in [-0.1, -0.05) is 53.4 Å². The molecule has 2 atom stereocenters. The van der Waals surface area contributed by atoms with Gasteiger partial charge in [0.15, 0.2) is 0 Å². The largest absolute Gasteiger partial charge is 0.311 e. The maximum atomic E-state index is 3.78. The predicted octanol–water partition coefficient (Wildman–Crippen LogP) is 3.67. The average molecular weight is 266 g/mol. The Hall–Kier alpha value is -0.0800. The third-order valence-electron chi connectivity index (χ3n) is 5.35. The maximum absolute atomic E-state index is 3.78. The molecule has 2 rings (SSSR count). The van der Waals surface area contributed by atoms with Gasteiger partial charge in [-0.15, -0.1) is 0 Å². The van der Waals surface area contributed by atoms with E-state index >= 15 is 0 Å². The lowest BCUT2D eigenvalue weighted by Gasteiger charge is -2.45. The van der Waals surface area contributed by atoms with Gasteiger partial charge in [-0.2, -0.15) is 0 Å². The lowest BCUT2D eigenvalue weighted by Crippen LogP contribution is -2.60. The maximum Gasteiger partial charge on any atom is 0.0244 e. The van der Waals surface area contributed by atoms with Gasteiger partial charge in [0.2, 0.25) is 0 Å². The van der Waals surface area contributed by atoms with E-state index in [4.69, 9.17) is 0 Å². The van der Waals surface area contributed by atoms with Gasteiger partial charge in [0, 0.05) is 25.2 Å². The van der Waals surface area contributed by atoms with Crippen LogP contribution in [0.25, 0.3) is 0 Å². The highest BCUT2D eigenvalue weighted by atomic mass is 15.2. The molecule has 1 aliphatic carbocycles. The quantitative estimate of drug-likeness (QED) is 0.835. The van der Waals surface area contributed by atoms with E-state index in [1.54, 1.807) is 0 Å². The molecule has 2 heteroatoms. The molecule has 1 aliphatic heterocycles. The van der Waals surface area contributed by atoms with E-state index in [0.717, 1.165) is 12.0 Å². The summed E-state index contributed by atoms with van der Waals surface area (Å²) in [6, 6.07) is 1.42. The van der Waals surface area contributed by atoms with Crippen LogP contribution in [0.2, 0.25) is 0 Å². The van der Waals surface area contributed by atoms with E-state index in [0.29, 0.717) is 11.5 Å². The second-order valence-electron chi connectivity index (χ2n) is 7.82. The van der Waals surface area contributed by atoms with Crippen molar-refractivity contribution in [3.8, 4) is 0 Å². The van der Waals surface area contributed by atoms with Gasteiger partial charge in [0.05, 0.1) is 0 Å². The average Bonchev–Trinajstić information content (AvgIpc) is 2.88. The van der Waals surface area contributed by atoms with Crippen LogP contribution in [0, 0.1) is 11.3 Å². The standard InChI is InChI=1S/C17H34N2/c1-5-15-12-18-16(17(2,3)4)13-19(15)11-10-14-8-6-7-9-14/h14-16,18H,5-13H2,1-4H3. The number of nitrogens with one attached hydrogen (secondary N) is 1. The Morgan fingerprint density at radius 3 is 2.42 bits per heavy atom. The molecule has 0 aromatic heterocycles. The third kappa shape index (κ3) is 4.19. The van der Waals surface area contributed by atoms with Crippen LogP contribution in [-0.2, 0) is 0 Å². The molecule has 19 heavy (non-hydrogen) atoms. The Kier molecular flexibility index (Phi) is 5.30. The van der Waals surface area contributed by atoms with Crippen molar-refractivity contribution in [2.75, 3.05) is 19.6 Å². The van der Waals surface area contributed by atoms with Crippen molar-refractivity contribution >= 4 is 0 Å². The van der Waals surface area contributed by atoms with Crippen molar-refractivity contribution in [3.05, 3.63) is 0 Å². The van der Waals surface area contributed by atoms with Crippen LogP contribution < -0.4 is 5.32 Å². The van der Waals surface area contributed by atoms with Gasteiger partial charge < -0.3 is 5.32 Å². The molecule has 0 radical (unpaired) electrons. The SMILES string of the molecule is CCC1CNC(C(C)(C)C)CN1CCC1CCCC1. The lowest BCUT2D eigenvalue weighted by atomic mass is 9.84. The molecule has 1 saturated carbocycles. The van der Waals surface area contributed by atoms with E-state index in [2.05, 4.69) is 37.9 Å². The summed E-state index contributed by atoms with van der Waals surface area (Å²) >= 11 is 0. The highest BCUT2D eigenvalue weighted by Crippen LogP contribution is 2.29. The summed E-state index contributed by atoms with van der Waals surface area (Å²) in [6.45, 7) is 13.2. The van der Waals surface area contributed by atoms with E-state index < -0.39 is 0 Å². The monoisotopic (exact) mass is 266 g/mol. The van der Waals surface area contributed by atoms with Gasteiger partial charge >= 0.3 is 0 Å². The Morgan fingerprint density at radius 2 is 1.84 bits per heavy atom. The molecule has 1 saturated heterocycles. The lowest BCUT2D eigenvalue weighted by molar-refractivity contribution is 0.0787. The zero-order valence-electron chi connectivity index (χ0n) is 13.5. The number of nitrogens with zero attached hydrogens (tertiary/aromatic N) is 1. The molecule has 0 aromatic rings. The topological polar surface area (TPSA) is 15.3 Å². The minimum atomic E-state index is 0.379. The molecule has 2 aliphatic rings. The van der Waals surface area contributed by atoms with Crippen molar-refractivity contribution in [2.45, 2.75) is 78.3 Å². The molecule has 0 amide bonds. The minimum absolute atomic E-state index is 0.379. The molecule has 0 spiro atoms. The Morgan fingerprint density at radius 1 is 1.16 bits per heavy atom. The van der Waals surface area contributed by atoms with Crippen molar-refractivity contribution in [1.82, 2.24) is 10.2 Å². The molecule has 2 unspecified atom stereocenters. The fourth-order valence-electron chi connectivity index (χ4n) is 3.76. The Labute approximate surface area is 120 Å². The first kappa shape index (κ1) is 15.3. The highest BCUT2D eigenvalue weighted by Gasteiger charge is 2.33. The number of hydrogen-bond donors (Lipinski definition) is 1. The van der Waals surface area contributed by atoms with Gasteiger partial charge in [-0.05, 0) is 30.7 Å². The van der Waals surface area contributed by atoms with Crippen LogP contribution >= 0.6 is 0 Å². The molecule has 2 fully saturated rings. The number of rotatable bonds is 4. The minimum Gasteiger partial charge on any atom is -0.311 e. The van der Waals surface area contributed by atoms with Gasteiger partial charge in [-0.25, -0.2) is 0 Å². The number of piperazine rings is 1. The Bertz CT molecular complexity index is 263. The fraction of sp³-hybridized carbons (Fsp3) is 1.00. The normalized spacial score (nSPS) is 30.9. The molecular weight excluding hydrogens is 232 g/mol. The van der Waals surface area contributed by atoms with Crippen LogP contribution in [0.15, 0.2) is 0 Å². The van der Waals surface area contributed by atoms with Crippen LogP contribution in [0.5, 0.6) is 0 Å². The van der Waals surface area contributed by atoms with Crippen LogP contribution in [0.3, 0.4) is 0 Å². The van der Waals surface area contributed by atoms with Crippen molar-refractivity contribution < 1.29 is 0 Å². The van der Waals surface area contributed by atoms with Crippen molar-refractivity contribution in [2.24, 2.45) is 11.3 Å². The van der Waals surface area contributed by atoms with E-state index in [9.17, 15) is 0 Å². The first-order chi connectivity index (χ1) is 9.00. The summed E-state index contributed by atoms with van der Waals surface area (Å²) in [6.07, 6.45) is 8.67. The van der Waals surface area contributed by atoms with Crippen LogP contribution in [0.4, 0.5) is 0 Å². The van der Waals surface area contributed by atoms with E-state index in [1.807, 2.05) is 0 Å². The van der Waals surface area contributed by atoms with Crippen molar-refractivity contribution in [1.29, 1.82) is 0 Å². The number of hydrogen-bond acceptors (Lipinski definition) is 2. The summed E-state index contributed by atoms with van der Waals surface area (Å²) in [5, 5.41) is 3.78. The third-order valence-corrected chi connectivity index (χ3v) is 5.35. The van der Waals surface area contributed by atoms with Gasteiger partial charge in [0.1, 0.15) is 0 Å². The summed E-state index contributed by atoms with van der Waals surface area (Å²) in [5.41, 5.74) is 0.379. The first-order valence-corrected chi connectivity index (χ1v) is 8.48.